The summed E-state index contributed by atoms with van der Waals surface area (Å²) in [6.07, 6.45) is 3.17. The van der Waals surface area contributed by atoms with Crippen LogP contribution in [0, 0.1) is 0 Å². The third-order valence-corrected chi connectivity index (χ3v) is 5.69. The topological polar surface area (TPSA) is 55.8 Å². The summed E-state index contributed by atoms with van der Waals surface area (Å²) >= 11 is 0. The van der Waals surface area contributed by atoms with Crippen LogP contribution >= 0.6 is 0 Å². The Morgan fingerprint density at radius 2 is 1.97 bits per heavy atom. The molecule has 0 aliphatic carbocycles. The zero-order valence-corrected chi connectivity index (χ0v) is 16.9. The molecule has 2 heterocycles. The Bertz CT molecular complexity index is 892. The highest BCUT2D eigenvalue weighted by molar-refractivity contribution is 6.00. The van der Waals surface area contributed by atoms with Crippen molar-refractivity contribution in [1.82, 2.24) is 4.90 Å². The summed E-state index contributed by atoms with van der Waals surface area (Å²) < 4.78 is 11.8. The van der Waals surface area contributed by atoms with Gasteiger partial charge in [0.2, 0.25) is 5.91 Å². The van der Waals surface area contributed by atoms with E-state index in [-0.39, 0.29) is 11.7 Å². The number of nitrogens with zero attached hydrogens (tertiary/aromatic N) is 1. The molecule has 2 aromatic carbocycles. The zero-order chi connectivity index (χ0) is 20.3. The molecule has 1 unspecified atom stereocenters. The number of ether oxygens (including phenoxy) is 2. The van der Waals surface area contributed by atoms with E-state index >= 15 is 0 Å². The van der Waals surface area contributed by atoms with E-state index in [2.05, 4.69) is 6.92 Å². The molecule has 0 saturated carbocycles. The molecule has 2 aliphatic heterocycles. The number of Topliss-reactive ketones (excluding diaryl/α,β-unsaturated/α-hetero) is 1. The van der Waals surface area contributed by atoms with Crippen molar-refractivity contribution >= 4 is 11.7 Å². The van der Waals surface area contributed by atoms with Crippen molar-refractivity contribution in [2.75, 3.05) is 19.7 Å². The van der Waals surface area contributed by atoms with Gasteiger partial charge in [0.05, 0.1) is 25.1 Å². The number of fused-ring (bicyclic) bond motifs is 1. The molecule has 2 aliphatic rings. The Hall–Kier alpha value is -2.82. The second-order valence-electron chi connectivity index (χ2n) is 7.94. The summed E-state index contributed by atoms with van der Waals surface area (Å²) in [5, 5.41) is 0. The molecule has 1 fully saturated rings. The van der Waals surface area contributed by atoms with Crippen LogP contribution in [0.4, 0.5) is 0 Å². The van der Waals surface area contributed by atoms with Crippen molar-refractivity contribution in [1.29, 1.82) is 0 Å². The number of benzene rings is 2. The molecule has 0 radical (unpaired) electrons. The van der Waals surface area contributed by atoms with Crippen LogP contribution in [-0.2, 0) is 11.2 Å². The van der Waals surface area contributed by atoms with Crippen LogP contribution < -0.4 is 9.47 Å². The van der Waals surface area contributed by atoms with E-state index < -0.39 is 5.60 Å². The molecule has 152 valence electrons. The van der Waals surface area contributed by atoms with Gasteiger partial charge >= 0.3 is 0 Å². The minimum absolute atomic E-state index is 0.103. The van der Waals surface area contributed by atoms with Gasteiger partial charge in [-0.25, -0.2) is 0 Å². The van der Waals surface area contributed by atoms with E-state index in [0.717, 1.165) is 17.7 Å². The number of amides is 1. The number of rotatable bonds is 6. The van der Waals surface area contributed by atoms with Gasteiger partial charge in [-0.15, -0.1) is 0 Å². The second-order valence-corrected chi connectivity index (χ2v) is 7.94. The molecule has 1 amide bonds. The molecular weight excluding hydrogens is 366 g/mol. The van der Waals surface area contributed by atoms with Crippen molar-refractivity contribution in [3.63, 3.8) is 0 Å². The van der Waals surface area contributed by atoms with E-state index in [4.69, 9.17) is 9.47 Å². The van der Waals surface area contributed by atoms with Gasteiger partial charge in [-0.1, -0.05) is 31.2 Å². The van der Waals surface area contributed by atoms with Gasteiger partial charge in [0.15, 0.2) is 5.78 Å². The van der Waals surface area contributed by atoms with Gasteiger partial charge in [0.1, 0.15) is 17.1 Å². The van der Waals surface area contributed by atoms with Crippen molar-refractivity contribution < 1.29 is 19.1 Å². The van der Waals surface area contributed by atoms with Crippen molar-refractivity contribution in [3.05, 3.63) is 59.7 Å². The molecule has 1 spiro atoms. The lowest BCUT2D eigenvalue weighted by Gasteiger charge is -2.34. The number of likely N-dealkylation sites (tertiary alicyclic amines) is 1. The van der Waals surface area contributed by atoms with Gasteiger partial charge < -0.3 is 14.4 Å². The summed E-state index contributed by atoms with van der Waals surface area (Å²) in [7, 11) is 0. The van der Waals surface area contributed by atoms with Crippen LogP contribution in [0.15, 0.2) is 48.5 Å². The molecule has 0 bridgehead atoms. The normalized spacial score (nSPS) is 20.4. The average Bonchev–Trinajstić information content (AvgIpc) is 3.14. The van der Waals surface area contributed by atoms with Crippen LogP contribution in [0.1, 0.15) is 48.5 Å². The van der Waals surface area contributed by atoms with Gasteiger partial charge in [0, 0.05) is 19.4 Å². The minimum atomic E-state index is -0.570. The molecule has 1 saturated heterocycles. The summed E-state index contributed by atoms with van der Waals surface area (Å²) in [5.74, 6) is 1.72. The monoisotopic (exact) mass is 393 g/mol. The maximum Gasteiger partial charge on any atom is 0.223 e. The lowest BCUT2D eigenvalue weighted by molar-refractivity contribution is -0.130. The van der Waals surface area contributed by atoms with E-state index in [1.165, 1.54) is 0 Å². The van der Waals surface area contributed by atoms with Gasteiger partial charge in [-0.3, -0.25) is 9.59 Å². The fraction of sp³-hybridized carbons (Fsp3) is 0.417. The number of aryl methyl sites for hydroxylation is 1. The summed E-state index contributed by atoms with van der Waals surface area (Å²) in [5.41, 5.74) is 1.20. The van der Waals surface area contributed by atoms with Crippen molar-refractivity contribution in [2.45, 2.75) is 44.6 Å². The van der Waals surface area contributed by atoms with E-state index in [9.17, 15) is 9.59 Å². The first-order chi connectivity index (χ1) is 14.1. The first-order valence-corrected chi connectivity index (χ1v) is 10.4. The number of carbonyl (C=O) groups is 2. The third kappa shape index (κ3) is 4.29. The number of carbonyl (C=O) groups excluding carboxylic acids is 2. The third-order valence-electron chi connectivity index (χ3n) is 5.69. The average molecular weight is 393 g/mol. The molecule has 29 heavy (non-hydrogen) atoms. The first-order valence-electron chi connectivity index (χ1n) is 10.4. The minimum Gasteiger partial charge on any atom is -0.494 e. The van der Waals surface area contributed by atoms with Gasteiger partial charge in [0.25, 0.3) is 0 Å². The van der Waals surface area contributed by atoms with Crippen molar-refractivity contribution in [2.24, 2.45) is 0 Å². The van der Waals surface area contributed by atoms with Crippen LogP contribution in [0.5, 0.6) is 11.5 Å². The number of hydrogen-bond donors (Lipinski definition) is 0. The summed E-state index contributed by atoms with van der Waals surface area (Å²) in [4.78, 5) is 27.1. The predicted molar refractivity (Wildman–Crippen MR) is 110 cm³/mol. The van der Waals surface area contributed by atoms with Gasteiger partial charge in [-0.05, 0) is 42.7 Å². The maximum atomic E-state index is 12.7. The van der Waals surface area contributed by atoms with Crippen LogP contribution in [-0.4, -0.2) is 41.9 Å². The van der Waals surface area contributed by atoms with E-state index in [1.807, 2.05) is 47.4 Å². The molecule has 4 rings (SSSR count). The molecule has 5 nitrogen and oxygen atoms in total. The standard InChI is InChI=1S/C24H27NO4/c1-2-15-28-19-10-7-18(8-11-19)9-12-23(27)25-14-13-24(17-25)16-21(26)20-5-3-4-6-22(20)29-24/h3-8,10-11H,2,9,12-17H2,1H3. The zero-order valence-electron chi connectivity index (χ0n) is 16.9. The summed E-state index contributed by atoms with van der Waals surface area (Å²) in [6, 6.07) is 15.3. The Morgan fingerprint density at radius 1 is 1.17 bits per heavy atom. The molecule has 0 N–H and O–H groups in total. The number of para-hydroxylation sites is 1. The maximum absolute atomic E-state index is 12.7. The lowest BCUT2D eigenvalue weighted by atomic mass is 9.89. The molecule has 1 atom stereocenters. The van der Waals surface area contributed by atoms with Crippen LogP contribution in [0.25, 0.3) is 0 Å². The highest BCUT2D eigenvalue weighted by Crippen LogP contribution is 2.38. The highest BCUT2D eigenvalue weighted by Gasteiger charge is 2.46. The largest absolute Gasteiger partial charge is 0.494 e. The van der Waals surface area contributed by atoms with Crippen molar-refractivity contribution in [3.8, 4) is 11.5 Å². The van der Waals surface area contributed by atoms with E-state index in [0.29, 0.717) is 56.7 Å². The fourth-order valence-corrected chi connectivity index (χ4v) is 4.11. The van der Waals surface area contributed by atoms with Crippen LogP contribution in [0.2, 0.25) is 0 Å². The number of ketones is 1. The number of hydrogen-bond acceptors (Lipinski definition) is 4. The smallest absolute Gasteiger partial charge is 0.223 e. The lowest BCUT2D eigenvalue weighted by Crippen LogP contribution is -2.45. The predicted octanol–water partition coefficient (Wildman–Crippen LogP) is 4.04. The molecule has 2 aromatic rings. The van der Waals surface area contributed by atoms with Crippen LogP contribution in [0.3, 0.4) is 0 Å². The molecule has 5 heteroatoms. The fourth-order valence-electron chi connectivity index (χ4n) is 4.11. The molecular formula is C24H27NO4. The van der Waals surface area contributed by atoms with Gasteiger partial charge in [-0.2, -0.15) is 0 Å². The highest BCUT2D eigenvalue weighted by atomic mass is 16.5. The SMILES string of the molecule is CCCOc1ccc(CCC(=O)N2CCC3(CC(=O)c4ccccc4O3)C2)cc1. The second kappa shape index (κ2) is 8.27. The first kappa shape index (κ1) is 19.5. The Kier molecular flexibility index (Phi) is 5.56. The van der Waals surface area contributed by atoms with E-state index in [1.54, 1.807) is 6.07 Å². The quantitative estimate of drug-likeness (QED) is 0.743. The Morgan fingerprint density at radius 3 is 2.76 bits per heavy atom. The summed E-state index contributed by atoms with van der Waals surface area (Å²) in [6.45, 7) is 3.91. The Labute approximate surface area is 171 Å². The molecule has 0 aromatic heterocycles. The Balaban J connectivity index is 1.32.